The van der Waals surface area contributed by atoms with E-state index in [1.54, 1.807) is 0 Å². The molecule has 0 spiro atoms. The summed E-state index contributed by atoms with van der Waals surface area (Å²) in [5.41, 5.74) is 10.2. The Morgan fingerprint density at radius 1 is 1.50 bits per heavy atom. The van der Waals surface area contributed by atoms with Crippen LogP contribution in [0.1, 0.15) is 6.92 Å². The molecule has 0 saturated heterocycles. The van der Waals surface area contributed by atoms with Gasteiger partial charge < -0.3 is 16.6 Å². The van der Waals surface area contributed by atoms with E-state index in [1.807, 2.05) is 6.92 Å². The Balaban J connectivity index is 0. The highest BCUT2D eigenvalue weighted by Gasteiger charge is 1.99. The first kappa shape index (κ1) is 14.3. The molecule has 0 saturated carbocycles. The standard InChI is InChI=1S/C3H10N2.C2H6O4S/c1-3(5)2-4;3-1-2-7(4,5)6/h3H,2,4-5H2,1H3;3H,1-2H2,(H,4,5,6). The van der Waals surface area contributed by atoms with Crippen LogP contribution in [-0.4, -0.2) is 43.0 Å². The Labute approximate surface area is 72.3 Å². The lowest BCUT2D eigenvalue weighted by atomic mass is 10.4. The van der Waals surface area contributed by atoms with Crippen molar-refractivity contribution >= 4 is 10.1 Å². The first-order valence-corrected chi connectivity index (χ1v) is 4.96. The van der Waals surface area contributed by atoms with Crippen molar-refractivity contribution in [2.24, 2.45) is 11.5 Å². The molecule has 6 N–H and O–H groups in total. The zero-order valence-electron chi connectivity index (χ0n) is 6.97. The molecular formula is C5H16N2O4S. The summed E-state index contributed by atoms with van der Waals surface area (Å²) in [7, 11) is -3.92. The van der Waals surface area contributed by atoms with E-state index < -0.39 is 22.5 Å². The molecule has 1 atom stereocenters. The molecule has 76 valence electrons. The summed E-state index contributed by atoms with van der Waals surface area (Å²) < 4.78 is 27.1. The van der Waals surface area contributed by atoms with Crippen LogP contribution in [0, 0.1) is 0 Å². The van der Waals surface area contributed by atoms with Gasteiger partial charge in [-0.3, -0.25) is 4.55 Å². The molecule has 0 fully saturated rings. The van der Waals surface area contributed by atoms with Crippen molar-refractivity contribution < 1.29 is 18.1 Å². The second-order valence-corrected chi connectivity index (χ2v) is 3.79. The van der Waals surface area contributed by atoms with Gasteiger partial charge in [0.25, 0.3) is 10.1 Å². The number of aliphatic hydroxyl groups is 1. The average Bonchev–Trinajstić information content (AvgIpc) is 1.86. The molecule has 0 aliphatic rings. The fraction of sp³-hybridized carbons (Fsp3) is 1.00. The highest BCUT2D eigenvalue weighted by Crippen LogP contribution is 1.75. The summed E-state index contributed by atoms with van der Waals surface area (Å²) in [4.78, 5) is 0. The molecule has 12 heavy (non-hydrogen) atoms. The summed E-state index contributed by atoms with van der Waals surface area (Å²) in [5.74, 6) is -0.576. The van der Waals surface area contributed by atoms with Gasteiger partial charge in [0, 0.05) is 12.6 Å². The molecule has 0 radical (unpaired) electrons. The van der Waals surface area contributed by atoms with Crippen LogP contribution < -0.4 is 11.5 Å². The Bertz CT molecular complexity index is 178. The van der Waals surface area contributed by atoms with Crippen LogP contribution in [0.15, 0.2) is 0 Å². The lowest BCUT2D eigenvalue weighted by molar-refractivity contribution is 0.315. The Kier molecular flexibility index (Phi) is 8.88. The molecule has 0 aromatic rings. The van der Waals surface area contributed by atoms with Crippen LogP contribution in [0.2, 0.25) is 0 Å². The molecule has 0 aromatic heterocycles. The summed E-state index contributed by atoms with van der Waals surface area (Å²) >= 11 is 0. The minimum atomic E-state index is -3.92. The predicted octanol–water partition coefficient (Wildman–Crippen LogP) is -1.84. The van der Waals surface area contributed by atoms with E-state index in [4.69, 9.17) is 21.1 Å². The van der Waals surface area contributed by atoms with Crippen molar-refractivity contribution in [1.82, 2.24) is 0 Å². The molecule has 0 rings (SSSR count). The van der Waals surface area contributed by atoms with E-state index in [2.05, 4.69) is 0 Å². The Morgan fingerprint density at radius 2 is 1.83 bits per heavy atom. The van der Waals surface area contributed by atoms with Crippen LogP contribution >= 0.6 is 0 Å². The minimum absolute atomic E-state index is 0.162. The maximum absolute atomic E-state index is 9.63. The van der Waals surface area contributed by atoms with Crippen LogP contribution in [-0.2, 0) is 10.1 Å². The molecular weight excluding hydrogens is 184 g/mol. The predicted molar refractivity (Wildman–Crippen MR) is 46.2 cm³/mol. The van der Waals surface area contributed by atoms with Crippen molar-refractivity contribution in [1.29, 1.82) is 0 Å². The first-order valence-electron chi connectivity index (χ1n) is 3.35. The third-order valence-corrected chi connectivity index (χ3v) is 1.42. The minimum Gasteiger partial charge on any atom is -0.395 e. The topological polar surface area (TPSA) is 127 Å². The van der Waals surface area contributed by atoms with E-state index >= 15 is 0 Å². The fourth-order valence-corrected chi connectivity index (χ4v) is 0.346. The van der Waals surface area contributed by atoms with Gasteiger partial charge in [0.2, 0.25) is 0 Å². The number of rotatable bonds is 3. The molecule has 0 aliphatic carbocycles. The smallest absolute Gasteiger partial charge is 0.267 e. The van der Waals surface area contributed by atoms with Crippen molar-refractivity contribution in [2.45, 2.75) is 13.0 Å². The quantitative estimate of drug-likeness (QED) is 0.396. The molecule has 6 nitrogen and oxygen atoms in total. The monoisotopic (exact) mass is 200 g/mol. The summed E-state index contributed by atoms with van der Waals surface area (Å²) in [5, 5.41) is 7.86. The van der Waals surface area contributed by atoms with Crippen LogP contribution in [0.4, 0.5) is 0 Å². The van der Waals surface area contributed by atoms with Crippen LogP contribution in [0.3, 0.4) is 0 Å². The molecule has 0 aromatic carbocycles. The average molecular weight is 200 g/mol. The molecule has 0 heterocycles. The number of nitrogens with two attached hydrogens (primary N) is 2. The van der Waals surface area contributed by atoms with E-state index in [1.165, 1.54) is 0 Å². The Hall–Kier alpha value is -0.210. The molecule has 7 heteroatoms. The third kappa shape index (κ3) is 22.6. The van der Waals surface area contributed by atoms with Gasteiger partial charge in [-0.1, -0.05) is 0 Å². The van der Waals surface area contributed by atoms with Gasteiger partial charge in [-0.15, -0.1) is 0 Å². The van der Waals surface area contributed by atoms with Gasteiger partial charge in [-0.25, -0.2) is 0 Å². The van der Waals surface area contributed by atoms with E-state index in [0.29, 0.717) is 6.54 Å². The van der Waals surface area contributed by atoms with Gasteiger partial charge in [-0.2, -0.15) is 8.42 Å². The van der Waals surface area contributed by atoms with Crippen molar-refractivity contribution in [3.63, 3.8) is 0 Å². The number of hydrogen-bond acceptors (Lipinski definition) is 5. The second kappa shape index (κ2) is 7.44. The van der Waals surface area contributed by atoms with E-state index in [-0.39, 0.29) is 6.04 Å². The zero-order valence-corrected chi connectivity index (χ0v) is 7.79. The highest BCUT2D eigenvalue weighted by molar-refractivity contribution is 7.85. The first-order chi connectivity index (χ1) is 5.33. The number of aliphatic hydroxyl groups excluding tert-OH is 1. The SMILES string of the molecule is CC(N)CN.O=S(=O)(O)CCO. The largest absolute Gasteiger partial charge is 0.395 e. The second-order valence-electron chi connectivity index (χ2n) is 2.22. The van der Waals surface area contributed by atoms with Gasteiger partial charge >= 0.3 is 0 Å². The summed E-state index contributed by atoms with van der Waals surface area (Å²) in [6.45, 7) is 1.93. The summed E-state index contributed by atoms with van der Waals surface area (Å²) in [6, 6.07) is 0.162. The van der Waals surface area contributed by atoms with Crippen LogP contribution in [0.5, 0.6) is 0 Å². The maximum atomic E-state index is 9.63. The maximum Gasteiger partial charge on any atom is 0.267 e. The third-order valence-electron chi connectivity index (χ3n) is 0.721. The van der Waals surface area contributed by atoms with Crippen LogP contribution in [0.25, 0.3) is 0 Å². The molecule has 0 aliphatic heterocycles. The normalized spacial score (nSPS) is 13.1. The van der Waals surface area contributed by atoms with Gasteiger partial charge in [0.15, 0.2) is 0 Å². The van der Waals surface area contributed by atoms with E-state index in [9.17, 15) is 8.42 Å². The van der Waals surface area contributed by atoms with Crippen molar-refractivity contribution in [2.75, 3.05) is 18.9 Å². The molecule has 1 unspecified atom stereocenters. The Morgan fingerprint density at radius 3 is 1.83 bits per heavy atom. The molecule has 0 bridgehead atoms. The van der Waals surface area contributed by atoms with Crippen molar-refractivity contribution in [3.05, 3.63) is 0 Å². The number of hydrogen-bond donors (Lipinski definition) is 4. The fourth-order valence-electron chi connectivity index (χ4n) is 0.115. The molecule has 0 amide bonds. The van der Waals surface area contributed by atoms with E-state index in [0.717, 1.165) is 0 Å². The summed E-state index contributed by atoms with van der Waals surface area (Å²) in [6.07, 6.45) is 0. The van der Waals surface area contributed by atoms with Gasteiger partial charge in [0.1, 0.15) is 0 Å². The van der Waals surface area contributed by atoms with Crippen molar-refractivity contribution in [3.8, 4) is 0 Å². The lowest BCUT2D eigenvalue weighted by Gasteiger charge is -1.92. The van der Waals surface area contributed by atoms with Gasteiger partial charge in [0.05, 0.1) is 12.4 Å². The zero-order chi connectivity index (χ0) is 10.2. The lowest BCUT2D eigenvalue weighted by Crippen LogP contribution is -2.25. The highest BCUT2D eigenvalue weighted by atomic mass is 32.2. The van der Waals surface area contributed by atoms with Gasteiger partial charge in [-0.05, 0) is 6.92 Å².